The zero-order valence-corrected chi connectivity index (χ0v) is 9.35. The first-order chi connectivity index (χ1) is 5.83. The molecule has 12 heavy (non-hydrogen) atoms. The monoisotopic (exact) mass is 233 g/mol. The maximum Gasteiger partial charge on any atom is 0.0145 e. The number of alkyl halides is 1. The second kappa shape index (κ2) is 5.98. The molecule has 1 aliphatic rings. The van der Waals surface area contributed by atoms with Crippen LogP contribution in [0.25, 0.3) is 0 Å². The van der Waals surface area contributed by atoms with E-state index in [0.29, 0.717) is 0 Å². The lowest BCUT2D eigenvalue weighted by Gasteiger charge is -2.12. The third-order valence-corrected chi connectivity index (χ3v) is 3.76. The number of nitrogens with two attached hydrogens (primary N) is 1. The van der Waals surface area contributed by atoms with Crippen molar-refractivity contribution in [1.29, 1.82) is 0 Å². The Morgan fingerprint density at radius 3 is 2.33 bits per heavy atom. The maximum absolute atomic E-state index is 5.70. The van der Waals surface area contributed by atoms with Gasteiger partial charge in [0, 0.05) is 4.83 Å². The number of halogens is 1. The van der Waals surface area contributed by atoms with Crippen molar-refractivity contribution in [3.8, 4) is 0 Å². The molecule has 2 atom stereocenters. The molecular weight excluding hydrogens is 214 g/mol. The van der Waals surface area contributed by atoms with E-state index in [4.69, 9.17) is 5.73 Å². The molecule has 0 heterocycles. The van der Waals surface area contributed by atoms with Gasteiger partial charge in [0.15, 0.2) is 0 Å². The van der Waals surface area contributed by atoms with Gasteiger partial charge in [-0.1, -0.05) is 35.2 Å². The van der Waals surface area contributed by atoms with Gasteiger partial charge in [0.1, 0.15) is 0 Å². The number of rotatable bonds is 1. The van der Waals surface area contributed by atoms with Gasteiger partial charge in [-0.3, -0.25) is 0 Å². The van der Waals surface area contributed by atoms with Gasteiger partial charge < -0.3 is 5.73 Å². The smallest absolute Gasteiger partial charge is 0.0145 e. The highest BCUT2D eigenvalue weighted by molar-refractivity contribution is 9.09. The summed E-state index contributed by atoms with van der Waals surface area (Å²) in [5.74, 6) is 0.808. The third-order valence-electron chi connectivity index (χ3n) is 2.84. The minimum absolute atomic E-state index is 0.772. The summed E-state index contributed by atoms with van der Waals surface area (Å²) < 4.78 is 0. The number of hydrogen-bond donors (Lipinski definition) is 1. The van der Waals surface area contributed by atoms with Crippen molar-refractivity contribution in [1.82, 2.24) is 0 Å². The SMILES string of the molecule is NCC1CCCCC(Br)CCC1. The van der Waals surface area contributed by atoms with Gasteiger partial charge >= 0.3 is 0 Å². The Morgan fingerprint density at radius 1 is 1.00 bits per heavy atom. The standard InChI is InChI=1S/C10H20BrN/c11-10-6-2-1-4-9(8-12)5-3-7-10/h9-10H,1-8,12H2. The van der Waals surface area contributed by atoms with Crippen LogP contribution in [0, 0.1) is 5.92 Å². The average molecular weight is 234 g/mol. The summed E-state index contributed by atoms with van der Waals surface area (Å²) in [4.78, 5) is 0.772. The molecule has 0 radical (unpaired) electrons. The van der Waals surface area contributed by atoms with E-state index in [1.54, 1.807) is 0 Å². The van der Waals surface area contributed by atoms with Crippen LogP contribution in [0.15, 0.2) is 0 Å². The molecule has 0 aromatic heterocycles. The normalized spacial score (nSPS) is 33.5. The molecule has 2 N–H and O–H groups in total. The lowest BCUT2D eigenvalue weighted by atomic mass is 9.97. The van der Waals surface area contributed by atoms with Crippen molar-refractivity contribution in [3.05, 3.63) is 0 Å². The molecule has 0 aromatic rings. The van der Waals surface area contributed by atoms with Gasteiger partial charge in [-0.15, -0.1) is 0 Å². The fourth-order valence-electron chi connectivity index (χ4n) is 1.95. The van der Waals surface area contributed by atoms with E-state index in [2.05, 4.69) is 15.9 Å². The quantitative estimate of drug-likeness (QED) is 0.693. The molecule has 0 spiro atoms. The highest BCUT2D eigenvalue weighted by Crippen LogP contribution is 2.24. The van der Waals surface area contributed by atoms with Crippen molar-refractivity contribution >= 4 is 15.9 Å². The van der Waals surface area contributed by atoms with E-state index in [1.807, 2.05) is 0 Å². The van der Waals surface area contributed by atoms with E-state index in [0.717, 1.165) is 17.3 Å². The van der Waals surface area contributed by atoms with Crippen LogP contribution in [0.2, 0.25) is 0 Å². The predicted octanol–water partition coefficient (Wildman–Crippen LogP) is 3.07. The van der Waals surface area contributed by atoms with Crippen molar-refractivity contribution in [2.24, 2.45) is 11.7 Å². The first-order valence-corrected chi connectivity index (χ1v) is 6.08. The lowest BCUT2D eigenvalue weighted by Crippen LogP contribution is -2.13. The van der Waals surface area contributed by atoms with Crippen LogP contribution in [0.3, 0.4) is 0 Å². The fourth-order valence-corrected chi connectivity index (χ4v) is 2.60. The Bertz CT molecular complexity index is 116. The molecule has 72 valence electrons. The van der Waals surface area contributed by atoms with Crippen LogP contribution < -0.4 is 5.73 Å². The maximum atomic E-state index is 5.70. The number of hydrogen-bond acceptors (Lipinski definition) is 1. The molecular formula is C10H20BrN. The third kappa shape index (κ3) is 3.90. The lowest BCUT2D eigenvalue weighted by molar-refractivity contribution is 0.437. The van der Waals surface area contributed by atoms with Crippen LogP contribution in [-0.4, -0.2) is 11.4 Å². The summed E-state index contributed by atoms with van der Waals surface area (Å²) in [6, 6.07) is 0. The van der Waals surface area contributed by atoms with Gasteiger partial charge in [-0.05, 0) is 38.1 Å². The van der Waals surface area contributed by atoms with Gasteiger partial charge in [-0.2, -0.15) is 0 Å². The minimum Gasteiger partial charge on any atom is -0.330 e. The van der Waals surface area contributed by atoms with Gasteiger partial charge in [0.25, 0.3) is 0 Å². The first-order valence-electron chi connectivity index (χ1n) is 5.17. The molecule has 0 bridgehead atoms. The fraction of sp³-hybridized carbons (Fsp3) is 1.00. The Morgan fingerprint density at radius 2 is 1.58 bits per heavy atom. The molecule has 0 amide bonds. The summed E-state index contributed by atoms with van der Waals surface area (Å²) in [5, 5.41) is 0. The van der Waals surface area contributed by atoms with Crippen LogP contribution in [0.1, 0.15) is 44.9 Å². The predicted molar refractivity (Wildman–Crippen MR) is 57.6 cm³/mol. The van der Waals surface area contributed by atoms with E-state index in [9.17, 15) is 0 Å². The molecule has 1 aliphatic carbocycles. The molecule has 1 rings (SSSR count). The van der Waals surface area contributed by atoms with Crippen LogP contribution in [-0.2, 0) is 0 Å². The van der Waals surface area contributed by atoms with Crippen molar-refractivity contribution in [2.75, 3.05) is 6.54 Å². The van der Waals surface area contributed by atoms with Gasteiger partial charge in [0.2, 0.25) is 0 Å². The zero-order chi connectivity index (χ0) is 8.81. The molecule has 1 saturated carbocycles. The largest absolute Gasteiger partial charge is 0.330 e. The van der Waals surface area contributed by atoms with Crippen LogP contribution in [0.4, 0.5) is 0 Å². The molecule has 1 fully saturated rings. The van der Waals surface area contributed by atoms with Crippen LogP contribution >= 0.6 is 15.9 Å². The van der Waals surface area contributed by atoms with Gasteiger partial charge in [0.05, 0.1) is 0 Å². The van der Waals surface area contributed by atoms with Gasteiger partial charge in [-0.25, -0.2) is 0 Å². The highest BCUT2D eigenvalue weighted by atomic mass is 79.9. The Kier molecular flexibility index (Phi) is 5.24. The zero-order valence-electron chi connectivity index (χ0n) is 7.77. The second-order valence-electron chi connectivity index (χ2n) is 3.91. The molecule has 1 nitrogen and oxygen atoms in total. The molecule has 2 unspecified atom stereocenters. The van der Waals surface area contributed by atoms with E-state index in [1.165, 1.54) is 44.9 Å². The Balaban J connectivity index is 2.26. The Labute approximate surface area is 84.2 Å². The summed E-state index contributed by atoms with van der Waals surface area (Å²) in [5.41, 5.74) is 5.70. The summed E-state index contributed by atoms with van der Waals surface area (Å²) in [7, 11) is 0. The molecule has 0 saturated heterocycles. The Hall–Kier alpha value is 0.440. The first kappa shape index (κ1) is 10.5. The highest BCUT2D eigenvalue weighted by Gasteiger charge is 2.12. The van der Waals surface area contributed by atoms with E-state index >= 15 is 0 Å². The van der Waals surface area contributed by atoms with Crippen molar-refractivity contribution in [3.63, 3.8) is 0 Å². The molecule has 0 aliphatic heterocycles. The van der Waals surface area contributed by atoms with E-state index in [-0.39, 0.29) is 0 Å². The summed E-state index contributed by atoms with van der Waals surface area (Å²) in [6.07, 6.45) is 9.52. The molecule has 2 heteroatoms. The average Bonchev–Trinajstić information content (AvgIpc) is 2.17. The van der Waals surface area contributed by atoms with Crippen molar-refractivity contribution < 1.29 is 0 Å². The van der Waals surface area contributed by atoms with Crippen LogP contribution in [0.5, 0.6) is 0 Å². The van der Waals surface area contributed by atoms with E-state index < -0.39 is 0 Å². The minimum atomic E-state index is 0.772. The van der Waals surface area contributed by atoms with Crippen molar-refractivity contribution in [2.45, 2.75) is 49.8 Å². The summed E-state index contributed by atoms with van der Waals surface area (Å²) in [6.45, 7) is 0.896. The molecule has 0 aromatic carbocycles. The second-order valence-corrected chi connectivity index (χ2v) is 5.21. The topological polar surface area (TPSA) is 26.0 Å². The summed E-state index contributed by atoms with van der Waals surface area (Å²) >= 11 is 3.72.